The summed E-state index contributed by atoms with van der Waals surface area (Å²) in [5.74, 6) is -0.181. The maximum atomic E-state index is 12.0. The molecule has 3 nitrogen and oxygen atoms in total. The van der Waals surface area contributed by atoms with E-state index in [9.17, 15) is 18.0 Å². The van der Waals surface area contributed by atoms with Crippen LogP contribution in [0.25, 0.3) is 0 Å². The van der Waals surface area contributed by atoms with Gasteiger partial charge in [-0.1, -0.05) is 12.1 Å². The number of Topliss-reactive ketones (excluding diaryl/α,β-unsaturated/α-hetero) is 1. The van der Waals surface area contributed by atoms with Crippen molar-refractivity contribution in [2.24, 2.45) is 0 Å². The van der Waals surface area contributed by atoms with E-state index < -0.39 is 6.36 Å². The Kier molecular flexibility index (Phi) is 4.65. The van der Waals surface area contributed by atoms with Gasteiger partial charge in [-0.3, -0.25) is 4.79 Å². The molecular formula is C14H16F3NO2. The Morgan fingerprint density at radius 2 is 2.00 bits per heavy atom. The molecule has 1 unspecified atom stereocenters. The van der Waals surface area contributed by atoms with Crippen molar-refractivity contribution in [2.75, 3.05) is 6.54 Å². The molecule has 2 rings (SSSR count). The molecule has 0 bridgehead atoms. The van der Waals surface area contributed by atoms with Crippen LogP contribution in [0.3, 0.4) is 0 Å². The lowest BCUT2D eigenvalue weighted by Crippen LogP contribution is -2.25. The van der Waals surface area contributed by atoms with Gasteiger partial charge < -0.3 is 10.1 Å². The highest BCUT2D eigenvalue weighted by molar-refractivity contribution is 5.81. The minimum Gasteiger partial charge on any atom is -0.406 e. The third kappa shape index (κ3) is 4.85. The van der Waals surface area contributed by atoms with Gasteiger partial charge in [0.05, 0.1) is 0 Å². The smallest absolute Gasteiger partial charge is 0.406 e. The van der Waals surface area contributed by atoms with Crippen molar-refractivity contribution in [1.82, 2.24) is 5.32 Å². The van der Waals surface area contributed by atoms with E-state index in [0.717, 1.165) is 19.4 Å². The van der Waals surface area contributed by atoms with Crippen molar-refractivity contribution >= 4 is 5.78 Å². The topological polar surface area (TPSA) is 38.3 Å². The van der Waals surface area contributed by atoms with Crippen LogP contribution in [-0.4, -0.2) is 24.7 Å². The normalized spacial score (nSPS) is 19.1. The monoisotopic (exact) mass is 287 g/mol. The van der Waals surface area contributed by atoms with E-state index in [-0.39, 0.29) is 24.0 Å². The summed E-state index contributed by atoms with van der Waals surface area (Å²) in [6, 6.07) is 5.67. The second kappa shape index (κ2) is 6.26. The van der Waals surface area contributed by atoms with Crippen LogP contribution in [0.15, 0.2) is 24.3 Å². The van der Waals surface area contributed by atoms with Gasteiger partial charge in [-0.25, -0.2) is 0 Å². The average Bonchev–Trinajstić information content (AvgIpc) is 2.82. The number of carbonyl (C=O) groups excluding carboxylic acids is 1. The minimum atomic E-state index is -4.69. The molecule has 0 aromatic heterocycles. The largest absolute Gasteiger partial charge is 0.573 e. The lowest BCUT2D eigenvalue weighted by molar-refractivity contribution is -0.274. The lowest BCUT2D eigenvalue weighted by atomic mass is 10.0. The summed E-state index contributed by atoms with van der Waals surface area (Å²) >= 11 is 0. The Labute approximate surface area is 115 Å². The highest BCUT2D eigenvalue weighted by atomic mass is 19.4. The Morgan fingerprint density at radius 3 is 2.55 bits per heavy atom. The highest BCUT2D eigenvalue weighted by Gasteiger charge is 2.31. The zero-order valence-corrected chi connectivity index (χ0v) is 10.9. The van der Waals surface area contributed by atoms with E-state index in [1.807, 2.05) is 0 Å². The molecule has 1 atom stereocenters. The SMILES string of the molecule is O=C(Cc1ccc(OC(F)(F)F)cc1)CC1CCCN1. The Bertz CT molecular complexity index is 450. The van der Waals surface area contributed by atoms with Crippen LogP contribution >= 0.6 is 0 Å². The first kappa shape index (κ1) is 14.8. The molecular weight excluding hydrogens is 271 g/mol. The zero-order chi connectivity index (χ0) is 14.6. The maximum absolute atomic E-state index is 12.0. The van der Waals surface area contributed by atoms with Gasteiger partial charge in [-0.2, -0.15) is 0 Å². The van der Waals surface area contributed by atoms with Crippen molar-refractivity contribution in [3.8, 4) is 5.75 Å². The van der Waals surface area contributed by atoms with Gasteiger partial charge >= 0.3 is 6.36 Å². The summed E-state index contributed by atoms with van der Waals surface area (Å²) < 4.78 is 39.8. The standard InChI is InChI=1S/C14H16F3NO2/c15-14(16,17)20-13-5-3-10(4-6-13)8-12(19)9-11-2-1-7-18-11/h3-6,11,18H,1-2,7-9H2. The fourth-order valence-corrected chi connectivity index (χ4v) is 2.31. The molecule has 0 spiro atoms. The number of nitrogens with one attached hydrogen (secondary N) is 1. The summed E-state index contributed by atoms with van der Waals surface area (Å²) in [6.07, 6.45) is -1.89. The number of hydrogen-bond donors (Lipinski definition) is 1. The second-order valence-electron chi connectivity index (χ2n) is 4.90. The molecule has 1 heterocycles. The third-order valence-corrected chi connectivity index (χ3v) is 3.19. The van der Waals surface area contributed by atoms with Gasteiger partial charge in [0.2, 0.25) is 0 Å². The summed E-state index contributed by atoms with van der Waals surface area (Å²) in [4.78, 5) is 11.8. The number of halogens is 3. The fourth-order valence-electron chi connectivity index (χ4n) is 2.31. The van der Waals surface area contributed by atoms with E-state index in [1.54, 1.807) is 0 Å². The van der Waals surface area contributed by atoms with Crippen LogP contribution in [0, 0.1) is 0 Å². The van der Waals surface area contributed by atoms with Gasteiger partial charge in [0, 0.05) is 18.9 Å². The number of ether oxygens (including phenoxy) is 1. The molecule has 1 aromatic carbocycles. The van der Waals surface area contributed by atoms with Crippen LogP contribution in [0.1, 0.15) is 24.8 Å². The van der Waals surface area contributed by atoms with E-state index in [2.05, 4.69) is 10.1 Å². The predicted octanol–water partition coefficient (Wildman–Crippen LogP) is 2.84. The zero-order valence-electron chi connectivity index (χ0n) is 10.9. The number of hydrogen-bond acceptors (Lipinski definition) is 3. The Morgan fingerprint density at radius 1 is 1.30 bits per heavy atom. The first-order chi connectivity index (χ1) is 9.42. The number of alkyl halides is 3. The van der Waals surface area contributed by atoms with Gasteiger partial charge in [-0.05, 0) is 37.1 Å². The van der Waals surface area contributed by atoms with Crippen LogP contribution in [0.5, 0.6) is 5.75 Å². The van der Waals surface area contributed by atoms with Crippen molar-refractivity contribution in [3.63, 3.8) is 0 Å². The van der Waals surface area contributed by atoms with Crippen molar-refractivity contribution in [3.05, 3.63) is 29.8 Å². The van der Waals surface area contributed by atoms with Crippen molar-refractivity contribution < 1.29 is 22.7 Å². The molecule has 1 fully saturated rings. The quantitative estimate of drug-likeness (QED) is 0.905. The lowest BCUT2D eigenvalue weighted by Gasteiger charge is -2.10. The van der Waals surface area contributed by atoms with Crippen LogP contribution in [0.4, 0.5) is 13.2 Å². The third-order valence-electron chi connectivity index (χ3n) is 3.19. The van der Waals surface area contributed by atoms with Crippen molar-refractivity contribution in [1.29, 1.82) is 0 Å². The molecule has 0 aliphatic carbocycles. The Balaban J connectivity index is 1.85. The predicted molar refractivity (Wildman–Crippen MR) is 67.5 cm³/mol. The second-order valence-corrected chi connectivity index (χ2v) is 4.90. The molecule has 6 heteroatoms. The summed E-state index contributed by atoms with van der Waals surface area (Å²) in [6.45, 7) is 0.946. The van der Waals surface area contributed by atoms with Crippen LogP contribution in [0.2, 0.25) is 0 Å². The van der Waals surface area contributed by atoms with Crippen LogP contribution < -0.4 is 10.1 Å². The average molecular weight is 287 g/mol. The maximum Gasteiger partial charge on any atom is 0.573 e. The molecule has 20 heavy (non-hydrogen) atoms. The van der Waals surface area contributed by atoms with E-state index in [4.69, 9.17) is 0 Å². The first-order valence-corrected chi connectivity index (χ1v) is 6.52. The van der Waals surface area contributed by atoms with E-state index in [0.29, 0.717) is 12.0 Å². The van der Waals surface area contributed by atoms with Crippen molar-refractivity contribution in [2.45, 2.75) is 38.1 Å². The summed E-state index contributed by atoms with van der Waals surface area (Å²) in [7, 11) is 0. The summed E-state index contributed by atoms with van der Waals surface area (Å²) in [5, 5.41) is 3.24. The Hall–Kier alpha value is -1.56. The molecule has 0 amide bonds. The molecule has 0 radical (unpaired) electrons. The summed E-state index contributed by atoms with van der Waals surface area (Å²) in [5.41, 5.74) is 0.697. The van der Waals surface area contributed by atoms with Gasteiger partial charge in [0.1, 0.15) is 11.5 Å². The number of benzene rings is 1. The first-order valence-electron chi connectivity index (χ1n) is 6.52. The van der Waals surface area contributed by atoms with Gasteiger partial charge in [-0.15, -0.1) is 13.2 Å². The van der Waals surface area contributed by atoms with Crippen LogP contribution in [-0.2, 0) is 11.2 Å². The molecule has 1 aliphatic rings. The molecule has 1 N–H and O–H groups in total. The highest BCUT2D eigenvalue weighted by Crippen LogP contribution is 2.23. The number of rotatable bonds is 5. The number of ketones is 1. The fraction of sp³-hybridized carbons (Fsp3) is 0.500. The van der Waals surface area contributed by atoms with Gasteiger partial charge in [0.25, 0.3) is 0 Å². The molecule has 1 saturated heterocycles. The number of carbonyl (C=O) groups is 1. The molecule has 1 aromatic rings. The van der Waals surface area contributed by atoms with E-state index >= 15 is 0 Å². The molecule has 110 valence electrons. The van der Waals surface area contributed by atoms with E-state index in [1.165, 1.54) is 24.3 Å². The molecule has 0 saturated carbocycles. The van der Waals surface area contributed by atoms with Gasteiger partial charge in [0.15, 0.2) is 0 Å². The molecule has 1 aliphatic heterocycles. The minimum absolute atomic E-state index is 0.0916.